The third-order valence-corrected chi connectivity index (χ3v) is 13.3. The fraction of sp³-hybridized carbons (Fsp3) is 0.0492. The number of nitrogens with zero attached hydrogens (tertiary/aromatic N) is 1. The Bertz CT molecular complexity index is 2970. The van der Waals surface area contributed by atoms with Crippen LogP contribution in [0.3, 0.4) is 0 Å². The molecule has 12 rings (SSSR count). The lowest BCUT2D eigenvalue weighted by molar-refractivity contribution is 0.780. The SMILES string of the molecule is C1=CC2=C(CC1)c1ccccc1C21c2ccccc2-c2cc(N(c3cc(-c4ccccc4)cc(-c4ccccc4)c3)c3cc(-c4ccccc4)cc(-c4ccccc4)c3)ccc21. The molecule has 1 nitrogen and oxygen atoms in total. The average Bonchev–Trinajstić information content (AvgIpc) is 3.82. The second-order valence-electron chi connectivity index (χ2n) is 16.7. The highest BCUT2D eigenvalue weighted by molar-refractivity contribution is 5.98. The molecule has 1 spiro atoms. The Kier molecular flexibility index (Phi) is 8.61. The summed E-state index contributed by atoms with van der Waals surface area (Å²) in [5.41, 5.74) is 23.4. The summed E-state index contributed by atoms with van der Waals surface area (Å²) in [6, 6.07) is 83.0. The Morgan fingerprint density at radius 3 is 1.24 bits per heavy atom. The van der Waals surface area contributed by atoms with Gasteiger partial charge in [-0.2, -0.15) is 0 Å². The van der Waals surface area contributed by atoms with Crippen molar-refractivity contribution >= 4 is 22.6 Å². The van der Waals surface area contributed by atoms with E-state index < -0.39 is 0 Å². The van der Waals surface area contributed by atoms with Crippen LogP contribution in [-0.4, -0.2) is 0 Å². The maximum atomic E-state index is 2.50. The van der Waals surface area contributed by atoms with Crippen LogP contribution >= 0.6 is 0 Å². The van der Waals surface area contributed by atoms with Gasteiger partial charge in [0, 0.05) is 17.1 Å². The Balaban J connectivity index is 1.14. The second kappa shape index (κ2) is 14.8. The topological polar surface area (TPSA) is 3.24 Å². The Morgan fingerprint density at radius 2 is 0.742 bits per heavy atom. The van der Waals surface area contributed by atoms with Gasteiger partial charge in [0.05, 0.1) is 5.41 Å². The van der Waals surface area contributed by atoms with Crippen LogP contribution in [0.4, 0.5) is 17.1 Å². The van der Waals surface area contributed by atoms with E-state index in [2.05, 4.69) is 242 Å². The van der Waals surface area contributed by atoms with Crippen molar-refractivity contribution in [2.75, 3.05) is 4.90 Å². The molecule has 0 saturated carbocycles. The van der Waals surface area contributed by atoms with Crippen molar-refractivity contribution in [3.05, 3.63) is 264 Å². The summed E-state index contributed by atoms with van der Waals surface area (Å²) in [4.78, 5) is 2.50. The lowest BCUT2D eigenvalue weighted by Gasteiger charge is -2.33. The molecule has 3 aliphatic carbocycles. The summed E-state index contributed by atoms with van der Waals surface area (Å²) in [6.07, 6.45) is 6.96. The standard InChI is InChI=1S/C61H43N/c1-5-19-42(20-6-1)46-35-47(43-21-7-2-8-22-43)38-51(37-46)62(52-39-48(44-23-9-3-10-24-44)36-49(40-52)45-25-11-4-12-26-45)50-33-34-60-56(41-50)55-29-15-18-32-59(55)61(60)57-30-16-13-27-53(57)54-28-14-17-31-58(54)61/h1-13,15-27,29-41H,14,28H2. The van der Waals surface area contributed by atoms with Gasteiger partial charge in [-0.15, -0.1) is 0 Å². The first-order valence-electron chi connectivity index (χ1n) is 21.8. The fourth-order valence-corrected chi connectivity index (χ4v) is 10.6. The molecule has 1 unspecified atom stereocenters. The van der Waals surface area contributed by atoms with E-state index in [9.17, 15) is 0 Å². The Hall–Kier alpha value is -7.74. The number of fused-ring (bicyclic) bond motifs is 9. The lowest BCUT2D eigenvalue weighted by Crippen LogP contribution is -2.27. The van der Waals surface area contributed by atoms with Crippen molar-refractivity contribution in [2.24, 2.45) is 0 Å². The van der Waals surface area contributed by atoms with Crippen LogP contribution < -0.4 is 4.90 Å². The quantitative estimate of drug-likeness (QED) is 0.155. The number of allylic oxidation sites excluding steroid dienone is 4. The zero-order valence-electron chi connectivity index (χ0n) is 34.4. The molecule has 0 heterocycles. The van der Waals surface area contributed by atoms with E-state index in [1.165, 1.54) is 89.0 Å². The molecule has 9 aromatic carbocycles. The molecule has 0 aliphatic heterocycles. The number of hydrogen-bond acceptors (Lipinski definition) is 1. The van der Waals surface area contributed by atoms with Gasteiger partial charge in [-0.1, -0.05) is 188 Å². The van der Waals surface area contributed by atoms with Crippen LogP contribution in [0.2, 0.25) is 0 Å². The minimum atomic E-state index is -0.362. The predicted octanol–water partition coefficient (Wildman–Crippen LogP) is 16.3. The summed E-state index contributed by atoms with van der Waals surface area (Å²) in [7, 11) is 0. The van der Waals surface area contributed by atoms with Gasteiger partial charge in [-0.05, 0) is 150 Å². The fourth-order valence-electron chi connectivity index (χ4n) is 10.6. The van der Waals surface area contributed by atoms with E-state index >= 15 is 0 Å². The van der Waals surface area contributed by atoms with Crippen LogP contribution in [0.5, 0.6) is 0 Å². The summed E-state index contributed by atoms with van der Waals surface area (Å²) >= 11 is 0. The molecule has 0 bridgehead atoms. The molecule has 0 radical (unpaired) electrons. The second-order valence-corrected chi connectivity index (χ2v) is 16.7. The first-order valence-corrected chi connectivity index (χ1v) is 21.8. The van der Waals surface area contributed by atoms with Crippen molar-refractivity contribution in [2.45, 2.75) is 18.3 Å². The molecule has 0 saturated heterocycles. The Labute approximate surface area is 364 Å². The normalized spacial score (nSPS) is 15.5. The maximum Gasteiger partial charge on any atom is 0.0722 e. The highest BCUT2D eigenvalue weighted by atomic mass is 15.1. The number of anilines is 3. The van der Waals surface area contributed by atoms with E-state index in [1.54, 1.807) is 0 Å². The molecule has 0 fully saturated rings. The molecular formula is C61H43N. The predicted molar refractivity (Wildman–Crippen MR) is 260 cm³/mol. The van der Waals surface area contributed by atoms with Crippen LogP contribution in [-0.2, 0) is 5.41 Å². The first kappa shape index (κ1) is 36.1. The molecule has 0 aromatic heterocycles. The van der Waals surface area contributed by atoms with Crippen LogP contribution in [0.1, 0.15) is 35.1 Å². The van der Waals surface area contributed by atoms with E-state index in [0.29, 0.717) is 0 Å². The highest BCUT2D eigenvalue weighted by Crippen LogP contribution is 2.64. The summed E-state index contributed by atoms with van der Waals surface area (Å²) in [5.74, 6) is 0. The maximum absolute atomic E-state index is 2.50. The first-order chi connectivity index (χ1) is 30.7. The minimum Gasteiger partial charge on any atom is -0.310 e. The van der Waals surface area contributed by atoms with Gasteiger partial charge in [0.2, 0.25) is 0 Å². The molecule has 1 heteroatoms. The monoisotopic (exact) mass is 789 g/mol. The molecule has 292 valence electrons. The van der Waals surface area contributed by atoms with Crippen molar-refractivity contribution < 1.29 is 0 Å². The average molecular weight is 790 g/mol. The molecule has 1 atom stereocenters. The lowest BCUT2D eigenvalue weighted by atomic mass is 9.69. The zero-order valence-corrected chi connectivity index (χ0v) is 34.4. The van der Waals surface area contributed by atoms with E-state index in [1.807, 2.05) is 0 Å². The molecule has 0 N–H and O–H groups in total. The van der Waals surface area contributed by atoms with Crippen LogP contribution in [0.15, 0.2) is 242 Å². The van der Waals surface area contributed by atoms with Crippen LogP contribution in [0, 0.1) is 0 Å². The van der Waals surface area contributed by atoms with Crippen molar-refractivity contribution in [1.82, 2.24) is 0 Å². The van der Waals surface area contributed by atoms with Gasteiger partial charge in [0.1, 0.15) is 0 Å². The summed E-state index contributed by atoms with van der Waals surface area (Å²) in [5, 5.41) is 0. The van der Waals surface area contributed by atoms with Gasteiger partial charge < -0.3 is 4.90 Å². The Morgan fingerprint density at radius 1 is 0.323 bits per heavy atom. The third-order valence-electron chi connectivity index (χ3n) is 13.3. The minimum absolute atomic E-state index is 0.362. The summed E-state index contributed by atoms with van der Waals surface area (Å²) in [6.45, 7) is 0. The van der Waals surface area contributed by atoms with Crippen LogP contribution in [0.25, 0.3) is 61.2 Å². The summed E-state index contributed by atoms with van der Waals surface area (Å²) < 4.78 is 0. The van der Waals surface area contributed by atoms with Gasteiger partial charge in [-0.25, -0.2) is 0 Å². The van der Waals surface area contributed by atoms with Gasteiger partial charge in [-0.3, -0.25) is 0 Å². The van der Waals surface area contributed by atoms with E-state index in [4.69, 9.17) is 0 Å². The number of rotatable bonds is 7. The van der Waals surface area contributed by atoms with Gasteiger partial charge in [0.15, 0.2) is 0 Å². The smallest absolute Gasteiger partial charge is 0.0722 e. The molecular weight excluding hydrogens is 747 g/mol. The molecule has 0 amide bonds. The largest absolute Gasteiger partial charge is 0.310 e. The van der Waals surface area contributed by atoms with Crippen molar-refractivity contribution in [3.8, 4) is 55.6 Å². The van der Waals surface area contributed by atoms with E-state index in [0.717, 1.165) is 29.9 Å². The molecule has 3 aliphatic rings. The zero-order chi connectivity index (χ0) is 41.0. The van der Waals surface area contributed by atoms with E-state index in [-0.39, 0.29) is 5.41 Å². The van der Waals surface area contributed by atoms with Gasteiger partial charge >= 0.3 is 0 Å². The molecule has 62 heavy (non-hydrogen) atoms. The van der Waals surface area contributed by atoms with Crippen molar-refractivity contribution in [3.63, 3.8) is 0 Å². The molecule has 9 aromatic rings. The number of hydrogen-bond donors (Lipinski definition) is 0. The van der Waals surface area contributed by atoms with Crippen molar-refractivity contribution in [1.29, 1.82) is 0 Å². The number of benzene rings is 9. The third kappa shape index (κ3) is 5.77. The van der Waals surface area contributed by atoms with Gasteiger partial charge in [0.25, 0.3) is 0 Å². The highest BCUT2D eigenvalue weighted by Gasteiger charge is 2.52.